The Labute approximate surface area is 98.0 Å². The fraction of sp³-hybridized carbons (Fsp3) is 1.00. The number of hydrogen-bond donors (Lipinski definition) is 0. The molecule has 0 saturated heterocycles. The third-order valence-corrected chi connectivity index (χ3v) is 4.62. The fourth-order valence-corrected chi connectivity index (χ4v) is 3.12. The van der Waals surface area contributed by atoms with E-state index in [9.17, 15) is 0 Å². The van der Waals surface area contributed by atoms with Crippen LogP contribution in [0.15, 0.2) is 0 Å². The van der Waals surface area contributed by atoms with Gasteiger partial charge in [0.2, 0.25) is 0 Å². The standard InChI is InChI=1S/C13H25Br/c1-10-5-6-12(14)11(9-10)7-8-13(2,3)4/h10-12H,5-9H2,1-4H3. The molecule has 1 rings (SSSR count). The summed E-state index contributed by atoms with van der Waals surface area (Å²) < 4.78 is 0. The van der Waals surface area contributed by atoms with Crippen molar-refractivity contribution in [1.82, 2.24) is 0 Å². The highest BCUT2D eigenvalue weighted by molar-refractivity contribution is 9.09. The van der Waals surface area contributed by atoms with Gasteiger partial charge in [0.15, 0.2) is 0 Å². The largest absolute Gasteiger partial charge is 0.0888 e. The first-order chi connectivity index (χ1) is 6.38. The topological polar surface area (TPSA) is 0 Å². The number of rotatable bonds is 2. The molecule has 14 heavy (non-hydrogen) atoms. The van der Waals surface area contributed by atoms with E-state index >= 15 is 0 Å². The van der Waals surface area contributed by atoms with Crippen molar-refractivity contribution >= 4 is 15.9 Å². The summed E-state index contributed by atoms with van der Waals surface area (Å²) in [6.45, 7) is 9.45. The Morgan fingerprint density at radius 2 is 1.86 bits per heavy atom. The highest BCUT2D eigenvalue weighted by Gasteiger charge is 2.27. The first-order valence-corrected chi connectivity index (χ1v) is 6.94. The molecule has 0 aromatic rings. The van der Waals surface area contributed by atoms with E-state index in [0.717, 1.165) is 16.7 Å². The lowest BCUT2D eigenvalue weighted by molar-refractivity contribution is 0.244. The molecule has 1 fully saturated rings. The number of alkyl halides is 1. The summed E-state index contributed by atoms with van der Waals surface area (Å²) in [4.78, 5) is 0.793. The molecule has 0 aliphatic heterocycles. The van der Waals surface area contributed by atoms with Crippen LogP contribution in [0.5, 0.6) is 0 Å². The zero-order valence-electron chi connectivity index (χ0n) is 10.1. The molecule has 1 aliphatic carbocycles. The zero-order valence-corrected chi connectivity index (χ0v) is 11.7. The van der Waals surface area contributed by atoms with Gasteiger partial charge in [-0.1, -0.05) is 43.6 Å². The number of halogens is 1. The highest BCUT2D eigenvalue weighted by Crippen LogP contribution is 2.38. The lowest BCUT2D eigenvalue weighted by atomic mass is 9.77. The van der Waals surface area contributed by atoms with Crippen LogP contribution in [0.1, 0.15) is 59.8 Å². The monoisotopic (exact) mass is 260 g/mol. The van der Waals surface area contributed by atoms with Gasteiger partial charge in [0, 0.05) is 4.83 Å². The predicted molar refractivity (Wildman–Crippen MR) is 67.9 cm³/mol. The van der Waals surface area contributed by atoms with Crippen LogP contribution in [-0.2, 0) is 0 Å². The highest BCUT2D eigenvalue weighted by atomic mass is 79.9. The van der Waals surface area contributed by atoms with Gasteiger partial charge in [-0.3, -0.25) is 0 Å². The Morgan fingerprint density at radius 1 is 1.21 bits per heavy atom. The molecule has 0 aromatic heterocycles. The summed E-state index contributed by atoms with van der Waals surface area (Å²) >= 11 is 3.85. The summed E-state index contributed by atoms with van der Waals surface area (Å²) in [6, 6.07) is 0. The molecule has 1 aliphatic rings. The van der Waals surface area contributed by atoms with Gasteiger partial charge in [0.25, 0.3) is 0 Å². The van der Waals surface area contributed by atoms with E-state index in [1.807, 2.05) is 0 Å². The van der Waals surface area contributed by atoms with Gasteiger partial charge in [-0.2, -0.15) is 0 Å². The van der Waals surface area contributed by atoms with Crippen LogP contribution in [0.2, 0.25) is 0 Å². The first-order valence-electron chi connectivity index (χ1n) is 6.02. The molecule has 84 valence electrons. The molecule has 0 spiro atoms. The van der Waals surface area contributed by atoms with Crippen LogP contribution in [0.4, 0.5) is 0 Å². The minimum Gasteiger partial charge on any atom is -0.0888 e. The van der Waals surface area contributed by atoms with Crippen LogP contribution < -0.4 is 0 Å². The molecule has 0 heterocycles. The Hall–Kier alpha value is 0.480. The molecule has 1 saturated carbocycles. The van der Waals surface area contributed by atoms with Crippen molar-refractivity contribution < 1.29 is 0 Å². The van der Waals surface area contributed by atoms with Gasteiger partial charge >= 0.3 is 0 Å². The lowest BCUT2D eigenvalue weighted by Gasteiger charge is -2.33. The second-order valence-electron chi connectivity index (χ2n) is 6.29. The van der Waals surface area contributed by atoms with Crippen molar-refractivity contribution in [1.29, 1.82) is 0 Å². The van der Waals surface area contributed by atoms with Crippen LogP contribution in [0.3, 0.4) is 0 Å². The van der Waals surface area contributed by atoms with Gasteiger partial charge in [0.05, 0.1) is 0 Å². The third kappa shape index (κ3) is 4.33. The van der Waals surface area contributed by atoms with Crippen molar-refractivity contribution in [2.45, 2.75) is 64.6 Å². The van der Waals surface area contributed by atoms with E-state index in [2.05, 4.69) is 43.6 Å². The van der Waals surface area contributed by atoms with E-state index in [1.165, 1.54) is 32.1 Å². The molecular weight excluding hydrogens is 236 g/mol. The first kappa shape index (κ1) is 12.5. The average molecular weight is 261 g/mol. The maximum atomic E-state index is 3.85. The summed E-state index contributed by atoms with van der Waals surface area (Å²) in [5.41, 5.74) is 0.507. The molecule has 0 bridgehead atoms. The van der Waals surface area contributed by atoms with Crippen molar-refractivity contribution in [3.63, 3.8) is 0 Å². The normalized spacial score (nSPS) is 34.5. The van der Waals surface area contributed by atoms with E-state index in [4.69, 9.17) is 0 Å². The van der Waals surface area contributed by atoms with Gasteiger partial charge < -0.3 is 0 Å². The van der Waals surface area contributed by atoms with E-state index < -0.39 is 0 Å². The summed E-state index contributed by atoms with van der Waals surface area (Å²) in [5.74, 6) is 1.88. The molecule has 0 amide bonds. The van der Waals surface area contributed by atoms with Crippen molar-refractivity contribution in [2.75, 3.05) is 0 Å². The second kappa shape index (κ2) is 5.01. The third-order valence-electron chi connectivity index (χ3n) is 3.42. The smallest absolute Gasteiger partial charge is 0.0174 e. The molecule has 0 N–H and O–H groups in total. The van der Waals surface area contributed by atoms with Gasteiger partial charge in [0.1, 0.15) is 0 Å². The zero-order chi connectivity index (χ0) is 10.8. The Bertz CT molecular complexity index is 169. The van der Waals surface area contributed by atoms with E-state index in [0.29, 0.717) is 5.41 Å². The quantitative estimate of drug-likeness (QED) is 0.613. The molecule has 3 unspecified atom stereocenters. The van der Waals surface area contributed by atoms with Crippen LogP contribution in [0, 0.1) is 17.3 Å². The van der Waals surface area contributed by atoms with Crippen molar-refractivity contribution in [3.05, 3.63) is 0 Å². The Kier molecular flexibility index (Phi) is 4.49. The fourth-order valence-electron chi connectivity index (χ4n) is 2.38. The lowest BCUT2D eigenvalue weighted by Crippen LogP contribution is -2.25. The molecular formula is C13H25Br. The van der Waals surface area contributed by atoms with E-state index in [-0.39, 0.29) is 0 Å². The predicted octanol–water partition coefficient (Wildman–Crippen LogP) is 5.01. The summed E-state index contributed by atoms with van der Waals surface area (Å²) in [7, 11) is 0. The van der Waals surface area contributed by atoms with Gasteiger partial charge in [-0.15, -0.1) is 0 Å². The molecule has 1 heteroatoms. The number of hydrogen-bond acceptors (Lipinski definition) is 0. The SMILES string of the molecule is CC1CCC(Br)C(CCC(C)(C)C)C1. The maximum absolute atomic E-state index is 3.85. The van der Waals surface area contributed by atoms with E-state index in [1.54, 1.807) is 0 Å². The van der Waals surface area contributed by atoms with Crippen LogP contribution in [-0.4, -0.2) is 4.83 Å². The molecule has 0 aromatic carbocycles. The second-order valence-corrected chi connectivity index (χ2v) is 7.47. The minimum atomic E-state index is 0.507. The maximum Gasteiger partial charge on any atom is 0.0174 e. The van der Waals surface area contributed by atoms with Gasteiger partial charge in [-0.25, -0.2) is 0 Å². The van der Waals surface area contributed by atoms with Crippen LogP contribution >= 0.6 is 15.9 Å². The van der Waals surface area contributed by atoms with Crippen LogP contribution in [0.25, 0.3) is 0 Å². The molecule has 3 atom stereocenters. The van der Waals surface area contributed by atoms with Gasteiger partial charge in [-0.05, 0) is 49.4 Å². The van der Waals surface area contributed by atoms with Crippen molar-refractivity contribution in [3.8, 4) is 0 Å². The Morgan fingerprint density at radius 3 is 2.43 bits per heavy atom. The Balaban J connectivity index is 2.35. The molecule has 0 radical (unpaired) electrons. The summed E-state index contributed by atoms with van der Waals surface area (Å²) in [5, 5.41) is 0. The average Bonchev–Trinajstić information content (AvgIpc) is 2.05. The molecule has 0 nitrogen and oxygen atoms in total. The summed E-state index contributed by atoms with van der Waals surface area (Å²) in [6.07, 6.45) is 7.01. The minimum absolute atomic E-state index is 0.507. The van der Waals surface area contributed by atoms with Crippen molar-refractivity contribution in [2.24, 2.45) is 17.3 Å².